The summed E-state index contributed by atoms with van der Waals surface area (Å²) in [4.78, 5) is 5.22. The molecule has 1 aromatic rings. The Bertz CT molecular complexity index is 394. The highest BCUT2D eigenvalue weighted by molar-refractivity contribution is 5.22. The number of nitrogens with zero attached hydrogens (tertiary/aromatic N) is 2. The second-order valence-electron chi connectivity index (χ2n) is 7.73. The van der Waals surface area contributed by atoms with Crippen molar-refractivity contribution in [3.8, 4) is 0 Å². The van der Waals surface area contributed by atoms with Crippen LogP contribution in [0.4, 0.5) is 0 Å². The standard InChI is InChI=1S/C20H32N2/c1-17-7-11-21(12-8-17)15-19-3-5-20(6-4-19)16-22-13-9-18(2)10-14-22/h3-6,17-18H,7-16H2,1-2H3. The summed E-state index contributed by atoms with van der Waals surface area (Å²) in [5, 5.41) is 0. The average Bonchev–Trinajstić information content (AvgIpc) is 2.54. The van der Waals surface area contributed by atoms with Crippen LogP contribution in [0.3, 0.4) is 0 Å². The van der Waals surface area contributed by atoms with E-state index in [9.17, 15) is 0 Å². The van der Waals surface area contributed by atoms with Gasteiger partial charge in [0.05, 0.1) is 0 Å². The maximum atomic E-state index is 2.61. The number of likely N-dealkylation sites (tertiary alicyclic amines) is 2. The monoisotopic (exact) mass is 300 g/mol. The van der Waals surface area contributed by atoms with Gasteiger partial charge in [-0.1, -0.05) is 38.1 Å². The second kappa shape index (κ2) is 7.61. The minimum Gasteiger partial charge on any atom is -0.299 e. The quantitative estimate of drug-likeness (QED) is 0.824. The molecule has 2 aliphatic heterocycles. The van der Waals surface area contributed by atoms with Gasteiger partial charge in [0.2, 0.25) is 0 Å². The van der Waals surface area contributed by atoms with Crippen molar-refractivity contribution in [2.75, 3.05) is 26.2 Å². The topological polar surface area (TPSA) is 6.48 Å². The van der Waals surface area contributed by atoms with Gasteiger partial charge in [-0.2, -0.15) is 0 Å². The third kappa shape index (κ3) is 4.57. The summed E-state index contributed by atoms with van der Waals surface area (Å²) in [5.74, 6) is 1.84. The molecule has 0 aromatic heterocycles. The molecule has 1 aromatic carbocycles. The van der Waals surface area contributed by atoms with E-state index in [0.717, 1.165) is 24.9 Å². The van der Waals surface area contributed by atoms with Crippen LogP contribution in [0.1, 0.15) is 50.7 Å². The van der Waals surface area contributed by atoms with Gasteiger partial charge >= 0.3 is 0 Å². The van der Waals surface area contributed by atoms with Gasteiger partial charge < -0.3 is 0 Å². The molecule has 3 rings (SSSR count). The zero-order valence-corrected chi connectivity index (χ0v) is 14.4. The SMILES string of the molecule is CC1CCN(Cc2ccc(CN3CCC(C)CC3)cc2)CC1. The van der Waals surface area contributed by atoms with Crippen LogP contribution in [0.5, 0.6) is 0 Å². The molecule has 0 aliphatic carbocycles. The lowest BCUT2D eigenvalue weighted by molar-refractivity contribution is 0.184. The Balaban J connectivity index is 1.47. The Morgan fingerprint density at radius 1 is 0.682 bits per heavy atom. The van der Waals surface area contributed by atoms with Gasteiger partial charge in [-0.05, 0) is 74.8 Å². The van der Waals surface area contributed by atoms with Gasteiger partial charge in [-0.3, -0.25) is 9.80 Å². The molecule has 2 heteroatoms. The maximum Gasteiger partial charge on any atom is 0.0233 e. The number of hydrogen-bond donors (Lipinski definition) is 0. The predicted octanol–water partition coefficient (Wildman–Crippen LogP) is 4.15. The Kier molecular flexibility index (Phi) is 5.54. The van der Waals surface area contributed by atoms with Crippen molar-refractivity contribution in [2.24, 2.45) is 11.8 Å². The first-order valence-electron chi connectivity index (χ1n) is 9.21. The summed E-state index contributed by atoms with van der Waals surface area (Å²) in [6, 6.07) is 9.39. The van der Waals surface area contributed by atoms with E-state index < -0.39 is 0 Å². The molecule has 2 fully saturated rings. The molecule has 2 nitrogen and oxygen atoms in total. The summed E-state index contributed by atoms with van der Waals surface area (Å²) in [6.07, 6.45) is 5.47. The zero-order valence-electron chi connectivity index (χ0n) is 14.4. The van der Waals surface area contributed by atoms with Gasteiger partial charge in [-0.15, -0.1) is 0 Å². The van der Waals surface area contributed by atoms with Gasteiger partial charge in [0.15, 0.2) is 0 Å². The van der Waals surface area contributed by atoms with Crippen LogP contribution in [0.2, 0.25) is 0 Å². The van der Waals surface area contributed by atoms with Crippen molar-refractivity contribution in [3.63, 3.8) is 0 Å². The van der Waals surface area contributed by atoms with E-state index in [0.29, 0.717) is 0 Å². The predicted molar refractivity (Wildman–Crippen MR) is 93.8 cm³/mol. The molecule has 2 aliphatic rings. The largest absolute Gasteiger partial charge is 0.299 e. The van der Waals surface area contributed by atoms with Crippen molar-refractivity contribution in [2.45, 2.75) is 52.6 Å². The minimum atomic E-state index is 0.922. The van der Waals surface area contributed by atoms with Gasteiger partial charge in [0.1, 0.15) is 0 Å². The molecule has 2 heterocycles. The van der Waals surface area contributed by atoms with Crippen LogP contribution in [0.25, 0.3) is 0 Å². The Morgan fingerprint density at radius 2 is 1.00 bits per heavy atom. The molecule has 2 saturated heterocycles. The molecule has 0 N–H and O–H groups in total. The van der Waals surface area contributed by atoms with Crippen LogP contribution in [0, 0.1) is 11.8 Å². The van der Waals surface area contributed by atoms with Crippen LogP contribution < -0.4 is 0 Å². The Labute approximate surface area is 136 Å². The fourth-order valence-corrected chi connectivity index (χ4v) is 3.71. The summed E-state index contributed by atoms with van der Waals surface area (Å²) in [7, 11) is 0. The van der Waals surface area contributed by atoms with Gasteiger partial charge in [0.25, 0.3) is 0 Å². The first-order valence-corrected chi connectivity index (χ1v) is 9.21. The van der Waals surface area contributed by atoms with E-state index in [2.05, 4.69) is 47.9 Å². The molecule has 0 unspecified atom stereocenters. The molecule has 122 valence electrons. The minimum absolute atomic E-state index is 0.922. The van der Waals surface area contributed by atoms with Crippen molar-refractivity contribution in [1.82, 2.24) is 9.80 Å². The summed E-state index contributed by atoms with van der Waals surface area (Å²) in [6.45, 7) is 12.1. The summed E-state index contributed by atoms with van der Waals surface area (Å²) >= 11 is 0. The van der Waals surface area contributed by atoms with E-state index in [4.69, 9.17) is 0 Å². The van der Waals surface area contributed by atoms with Gasteiger partial charge in [-0.25, -0.2) is 0 Å². The second-order valence-corrected chi connectivity index (χ2v) is 7.73. The first kappa shape index (κ1) is 16.0. The lowest BCUT2D eigenvalue weighted by Crippen LogP contribution is -2.32. The number of rotatable bonds is 4. The molecule has 0 bridgehead atoms. The molecular weight excluding hydrogens is 268 g/mol. The lowest BCUT2D eigenvalue weighted by Gasteiger charge is -2.31. The van der Waals surface area contributed by atoms with E-state index in [1.165, 1.54) is 63.0 Å². The van der Waals surface area contributed by atoms with Crippen molar-refractivity contribution in [1.29, 1.82) is 0 Å². The van der Waals surface area contributed by atoms with Crippen molar-refractivity contribution in [3.05, 3.63) is 35.4 Å². The third-order valence-electron chi connectivity index (χ3n) is 5.59. The van der Waals surface area contributed by atoms with Crippen molar-refractivity contribution < 1.29 is 0 Å². The molecule has 0 saturated carbocycles. The van der Waals surface area contributed by atoms with Crippen LogP contribution in [-0.2, 0) is 13.1 Å². The molecule has 0 atom stereocenters. The molecule has 0 spiro atoms. The zero-order chi connectivity index (χ0) is 15.4. The summed E-state index contributed by atoms with van der Waals surface area (Å²) < 4.78 is 0. The molecule has 0 radical (unpaired) electrons. The maximum absolute atomic E-state index is 2.61. The van der Waals surface area contributed by atoms with E-state index in [1.807, 2.05) is 0 Å². The fraction of sp³-hybridized carbons (Fsp3) is 0.700. The molecular formula is C20H32N2. The van der Waals surface area contributed by atoms with E-state index in [-0.39, 0.29) is 0 Å². The first-order chi connectivity index (χ1) is 10.7. The number of piperidine rings is 2. The van der Waals surface area contributed by atoms with Crippen LogP contribution in [-0.4, -0.2) is 36.0 Å². The number of benzene rings is 1. The van der Waals surface area contributed by atoms with Gasteiger partial charge in [0, 0.05) is 13.1 Å². The summed E-state index contributed by atoms with van der Waals surface area (Å²) in [5.41, 5.74) is 2.95. The number of hydrogen-bond acceptors (Lipinski definition) is 2. The molecule has 22 heavy (non-hydrogen) atoms. The highest BCUT2D eigenvalue weighted by Crippen LogP contribution is 2.20. The Morgan fingerprint density at radius 3 is 1.32 bits per heavy atom. The van der Waals surface area contributed by atoms with E-state index >= 15 is 0 Å². The van der Waals surface area contributed by atoms with E-state index in [1.54, 1.807) is 0 Å². The third-order valence-corrected chi connectivity index (χ3v) is 5.59. The highest BCUT2D eigenvalue weighted by Gasteiger charge is 2.17. The normalized spacial score (nSPS) is 23.0. The fourth-order valence-electron chi connectivity index (χ4n) is 3.71. The van der Waals surface area contributed by atoms with Crippen LogP contribution in [0.15, 0.2) is 24.3 Å². The highest BCUT2D eigenvalue weighted by atomic mass is 15.1. The Hall–Kier alpha value is -0.860. The lowest BCUT2D eigenvalue weighted by atomic mass is 9.98. The smallest absolute Gasteiger partial charge is 0.0233 e. The van der Waals surface area contributed by atoms with Crippen LogP contribution >= 0.6 is 0 Å². The molecule has 0 amide bonds. The van der Waals surface area contributed by atoms with Crippen molar-refractivity contribution >= 4 is 0 Å². The average molecular weight is 300 g/mol.